The average Bonchev–Trinajstić information content (AvgIpc) is 2.51. The number of carbonyl (C=O) groups is 4. The third-order valence-electron chi connectivity index (χ3n) is 16.0. The third kappa shape index (κ3) is 64.3. The molecule has 90 heavy (non-hydrogen) atoms. The standard InChI is InChI=1S/C71H134O17P2/c1-5-9-13-17-21-25-28-30-32-34-36-39-42-46-50-54-58-71(76)88-67(62-82-69(74)56-52-48-44-40-38-35-33-31-29-26-22-18-14-10-6-2)64-86-90(79,80)84-60-65(72)59-83-89(77,78)85-63-66(61-81-68(73)55-51-47-43-24-20-16-12-8-4)87-70(75)57-53-49-45-41-37-27-23-19-15-11-7-3/h26,29,31,33,65-67,72H,5-25,27-28,30,32,34-64H2,1-4H3,(H,77,78)(H,79,80)/b29-26-,33-31-/t65-,66+,67+/m0/s1. The van der Waals surface area contributed by atoms with Gasteiger partial charge in [-0.1, -0.05) is 296 Å². The van der Waals surface area contributed by atoms with Gasteiger partial charge in [0.1, 0.15) is 19.3 Å². The molecule has 0 spiro atoms. The first-order valence-electron chi connectivity index (χ1n) is 36.6. The van der Waals surface area contributed by atoms with E-state index in [2.05, 4.69) is 52.0 Å². The maximum absolute atomic E-state index is 13.0. The summed E-state index contributed by atoms with van der Waals surface area (Å²) in [6.45, 7) is 4.86. The molecule has 0 saturated carbocycles. The Bertz CT molecular complexity index is 1820. The number of carbonyl (C=O) groups excluding carboxylic acids is 4. The van der Waals surface area contributed by atoms with E-state index in [1.165, 1.54) is 154 Å². The molecule has 2 unspecified atom stereocenters. The van der Waals surface area contributed by atoms with Crippen molar-refractivity contribution in [1.82, 2.24) is 0 Å². The van der Waals surface area contributed by atoms with E-state index < -0.39 is 97.5 Å². The fourth-order valence-corrected chi connectivity index (χ4v) is 11.9. The summed E-state index contributed by atoms with van der Waals surface area (Å²) in [5, 5.41) is 10.6. The monoisotopic (exact) mass is 1320 g/mol. The van der Waals surface area contributed by atoms with Crippen molar-refractivity contribution in [2.24, 2.45) is 0 Å². The number of hydrogen-bond donors (Lipinski definition) is 3. The van der Waals surface area contributed by atoms with Gasteiger partial charge in [-0.25, -0.2) is 9.13 Å². The van der Waals surface area contributed by atoms with Crippen LogP contribution in [0.1, 0.15) is 349 Å². The molecular weight excluding hydrogens is 1190 g/mol. The second kappa shape index (κ2) is 65.2. The number of unbranched alkanes of at least 4 members (excludes halogenated alkanes) is 41. The number of aliphatic hydroxyl groups is 1. The van der Waals surface area contributed by atoms with E-state index in [1.807, 2.05) is 0 Å². The molecule has 0 radical (unpaired) electrons. The van der Waals surface area contributed by atoms with Gasteiger partial charge >= 0.3 is 39.5 Å². The molecule has 0 rings (SSSR count). The van der Waals surface area contributed by atoms with Crippen molar-refractivity contribution in [3.05, 3.63) is 24.3 Å². The Morgan fingerprint density at radius 1 is 0.311 bits per heavy atom. The molecular formula is C71H134O17P2. The summed E-state index contributed by atoms with van der Waals surface area (Å²) < 4.78 is 68.2. The molecule has 5 atom stereocenters. The number of esters is 4. The number of hydrogen-bond acceptors (Lipinski definition) is 15. The van der Waals surface area contributed by atoms with Crippen LogP contribution in [0.25, 0.3) is 0 Å². The lowest BCUT2D eigenvalue weighted by molar-refractivity contribution is -0.161. The predicted molar refractivity (Wildman–Crippen MR) is 363 cm³/mol. The molecule has 0 aromatic rings. The molecule has 17 nitrogen and oxygen atoms in total. The Morgan fingerprint density at radius 2 is 0.533 bits per heavy atom. The topological polar surface area (TPSA) is 237 Å². The Balaban J connectivity index is 5.25. The summed E-state index contributed by atoms with van der Waals surface area (Å²) >= 11 is 0. The van der Waals surface area contributed by atoms with Crippen LogP contribution >= 0.6 is 15.6 Å². The summed E-state index contributed by atoms with van der Waals surface area (Å²) in [5.74, 6) is -2.15. The number of phosphoric acid groups is 2. The molecule has 19 heteroatoms. The molecule has 0 aliphatic rings. The predicted octanol–water partition coefficient (Wildman–Crippen LogP) is 20.2. The van der Waals surface area contributed by atoms with Crippen molar-refractivity contribution >= 4 is 39.5 Å². The number of allylic oxidation sites excluding steroid dienone is 4. The highest BCUT2D eigenvalue weighted by atomic mass is 31.2. The molecule has 0 aromatic heterocycles. The van der Waals surface area contributed by atoms with Crippen LogP contribution in [0.2, 0.25) is 0 Å². The van der Waals surface area contributed by atoms with E-state index in [4.69, 9.17) is 37.0 Å². The molecule has 0 amide bonds. The first-order valence-corrected chi connectivity index (χ1v) is 39.6. The molecule has 0 aromatic carbocycles. The van der Waals surface area contributed by atoms with Crippen molar-refractivity contribution in [2.45, 2.75) is 367 Å². The van der Waals surface area contributed by atoms with Gasteiger partial charge < -0.3 is 33.8 Å². The minimum absolute atomic E-state index is 0.102. The summed E-state index contributed by atoms with van der Waals surface area (Å²) in [5.41, 5.74) is 0. The molecule has 0 bridgehead atoms. The minimum Gasteiger partial charge on any atom is -0.462 e. The van der Waals surface area contributed by atoms with Gasteiger partial charge in [0, 0.05) is 25.7 Å². The van der Waals surface area contributed by atoms with Crippen LogP contribution in [0, 0.1) is 0 Å². The zero-order chi connectivity index (χ0) is 66.1. The smallest absolute Gasteiger partial charge is 0.462 e. The molecule has 3 N–H and O–H groups in total. The lowest BCUT2D eigenvalue weighted by atomic mass is 10.0. The first kappa shape index (κ1) is 87.5. The second-order valence-corrected chi connectivity index (χ2v) is 27.8. The molecule has 0 saturated heterocycles. The van der Waals surface area contributed by atoms with Crippen LogP contribution in [-0.2, 0) is 65.4 Å². The summed E-state index contributed by atoms with van der Waals surface area (Å²) in [4.78, 5) is 72.5. The van der Waals surface area contributed by atoms with Gasteiger partial charge in [-0.05, 0) is 51.4 Å². The van der Waals surface area contributed by atoms with E-state index in [9.17, 15) is 43.2 Å². The first-order chi connectivity index (χ1) is 43.7. The maximum Gasteiger partial charge on any atom is 0.472 e. The van der Waals surface area contributed by atoms with E-state index in [1.54, 1.807) is 0 Å². The lowest BCUT2D eigenvalue weighted by Gasteiger charge is -2.21. The van der Waals surface area contributed by atoms with Crippen LogP contribution in [0.5, 0.6) is 0 Å². The Hall–Kier alpha value is -2.46. The SMILES string of the molecule is CCCCCC/C=C\C=C/CCCCCCCC(=O)OC[C@H](COP(=O)(O)OC[C@@H](O)COP(=O)(O)OC[C@@H](COC(=O)CCCCCCCCCC)OC(=O)CCCCCCCCCCCCC)OC(=O)CCCCCCCCCCCCCCCCCC. The van der Waals surface area contributed by atoms with Crippen LogP contribution in [0.3, 0.4) is 0 Å². The summed E-state index contributed by atoms with van der Waals surface area (Å²) in [6.07, 6.45) is 56.3. The highest BCUT2D eigenvalue weighted by Crippen LogP contribution is 2.45. The quantitative estimate of drug-likeness (QED) is 0.0169. The van der Waals surface area contributed by atoms with Crippen molar-refractivity contribution in [3.8, 4) is 0 Å². The van der Waals surface area contributed by atoms with E-state index in [-0.39, 0.29) is 25.7 Å². The highest BCUT2D eigenvalue weighted by Gasteiger charge is 2.30. The lowest BCUT2D eigenvalue weighted by Crippen LogP contribution is -2.30. The van der Waals surface area contributed by atoms with Crippen molar-refractivity contribution in [3.63, 3.8) is 0 Å². The van der Waals surface area contributed by atoms with Gasteiger partial charge in [0.15, 0.2) is 12.2 Å². The van der Waals surface area contributed by atoms with E-state index in [0.717, 1.165) is 116 Å². The summed E-state index contributed by atoms with van der Waals surface area (Å²) in [7, 11) is -9.91. The zero-order valence-electron chi connectivity index (χ0n) is 57.6. The van der Waals surface area contributed by atoms with Gasteiger partial charge in [-0.2, -0.15) is 0 Å². The van der Waals surface area contributed by atoms with Crippen LogP contribution in [0.4, 0.5) is 0 Å². The van der Waals surface area contributed by atoms with Crippen molar-refractivity contribution < 1.29 is 80.2 Å². The maximum atomic E-state index is 13.0. The molecule has 530 valence electrons. The Morgan fingerprint density at radius 3 is 0.811 bits per heavy atom. The number of rotatable bonds is 70. The normalized spacial score (nSPS) is 14.2. The van der Waals surface area contributed by atoms with Crippen LogP contribution in [0.15, 0.2) is 24.3 Å². The van der Waals surface area contributed by atoms with Gasteiger partial charge in [0.25, 0.3) is 0 Å². The number of phosphoric ester groups is 2. The van der Waals surface area contributed by atoms with Gasteiger partial charge in [0.2, 0.25) is 0 Å². The highest BCUT2D eigenvalue weighted by molar-refractivity contribution is 7.47. The van der Waals surface area contributed by atoms with Crippen molar-refractivity contribution in [1.29, 1.82) is 0 Å². The second-order valence-electron chi connectivity index (χ2n) is 24.9. The number of aliphatic hydroxyl groups excluding tert-OH is 1. The Kier molecular flexibility index (Phi) is 63.4. The Labute approximate surface area is 548 Å². The largest absolute Gasteiger partial charge is 0.472 e. The minimum atomic E-state index is -4.96. The zero-order valence-corrected chi connectivity index (χ0v) is 59.4. The van der Waals surface area contributed by atoms with Gasteiger partial charge in [0.05, 0.1) is 26.4 Å². The van der Waals surface area contributed by atoms with Gasteiger partial charge in [-0.3, -0.25) is 37.3 Å². The molecule has 0 aliphatic carbocycles. The van der Waals surface area contributed by atoms with E-state index >= 15 is 0 Å². The van der Waals surface area contributed by atoms with Gasteiger partial charge in [-0.15, -0.1) is 0 Å². The average molecular weight is 1320 g/mol. The number of ether oxygens (including phenoxy) is 4. The van der Waals surface area contributed by atoms with Crippen molar-refractivity contribution in [2.75, 3.05) is 39.6 Å². The third-order valence-corrected chi connectivity index (χ3v) is 17.9. The molecule has 0 heterocycles. The molecule has 0 aliphatic heterocycles. The summed E-state index contributed by atoms with van der Waals surface area (Å²) in [6, 6.07) is 0. The van der Waals surface area contributed by atoms with Crippen LogP contribution < -0.4 is 0 Å². The van der Waals surface area contributed by atoms with E-state index in [0.29, 0.717) is 25.7 Å². The fraction of sp³-hybridized carbons (Fsp3) is 0.887. The van der Waals surface area contributed by atoms with Crippen LogP contribution in [-0.4, -0.2) is 96.7 Å². The fourth-order valence-electron chi connectivity index (χ4n) is 10.3. The molecule has 0 fully saturated rings.